The molecule has 5 heteroatoms. The highest BCUT2D eigenvalue weighted by Crippen LogP contribution is 2.09. The monoisotopic (exact) mass is 256 g/mol. The first-order valence-electron chi connectivity index (χ1n) is 6.14. The standard InChI is InChI=1S/C14H16N4O/c15-13-7-6-12(10-17-13)18-14(19)5-1-3-11-4-2-8-16-9-11/h2,4,6-10H,1,3,5H2,(H2,15,17)(H,18,19). The number of hydrogen-bond donors (Lipinski definition) is 2. The molecular formula is C14H16N4O. The van der Waals surface area contributed by atoms with Crippen LogP contribution >= 0.6 is 0 Å². The smallest absolute Gasteiger partial charge is 0.224 e. The lowest BCUT2D eigenvalue weighted by Gasteiger charge is -2.05. The third-order valence-electron chi connectivity index (χ3n) is 2.66. The highest BCUT2D eigenvalue weighted by atomic mass is 16.1. The Labute approximate surface area is 111 Å². The van der Waals surface area contributed by atoms with Gasteiger partial charge in [-0.25, -0.2) is 4.98 Å². The van der Waals surface area contributed by atoms with Crippen molar-refractivity contribution >= 4 is 17.4 Å². The number of nitrogens with two attached hydrogens (primary N) is 1. The van der Waals surface area contributed by atoms with E-state index in [1.165, 1.54) is 0 Å². The normalized spacial score (nSPS) is 10.1. The van der Waals surface area contributed by atoms with Crippen molar-refractivity contribution in [1.29, 1.82) is 0 Å². The third kappa shape index (κ3) is 4.39. The van der Waals surface area contributed by atoms with Crippen molar-refractivity contribution < 1.29 is 4.79 Å². The fourth-order valence-electron chi connectivity index (χ4n) is 1.70. The zero-order chi connectivity index (χ0) is 13.5. The minimum absolute atomic E-state index is 0.0181. The summed E-state index contributed by atoms with van der Waals surface area (Å²) in [5.74, 6) is 0.421. The summed E-state index contributed by atoms with van der Waals surface area (Å²) in [5.41, 5.74) is 7.28. The summed E-state index contributed by atoms with van der Waals surface area (Å²) in [6.45, 7) is 0. The summed E-state index contributed by atoms with van der Waals surface area (Å²) in [6.07, 6.45) is 7.22. The van der Waals surface area contributed by atoms with Gasteiger partial charge >= 0.3 is 0 Å². The van der Waals surface area contributed by atoms with Crippen LogP contribution in [0.2, 0.25) is 0 Å². The maximum Gasteiger partial charge on any atom is 0.224 e. The molecule has 0 aliphatic rings. The van der Waals surface area contributed by atoms with Crippen molar-refractivity contribution in [2.45, 2.75) is 19.3 Å². The van der Waals surface area contributed by atoms with E-state index in [1.54, 1.807) is 24.5 Å². The van der Waals surface area contributed by atoms with Gasteiger partial charge in [0.25, 0.3) is 0 Å². The van der Waals surface area contributed by atoms with Gasteiger partial charge in [0.15, 0.2) is 0 Å². The van der Waals surface area contributed by atoms with E-state index in [-0.39, 0.29) is 5.91 Å². The van der Waals surface area contributed by atoms with Crippen molar-refractivity contribution in [3.63, 3.8) is 0 Å². The summed E-state index contributed by atoms with van der Waals surface area (Å²) >= 11 is 0. The molecular weight excluding hydrogens is 240 g/mol. The predicted octanol–water partition coefficient (Wildman–Crippen LogP) is 2.02. The molecule has 0 bridgehead atoms. The number of hydrogen-bond acceptors (Lipinski definition) is 4. The lowest BCUT2D eigenvalue weighted by atomic mass is 10.1. The second kappa shape index (κ2) is 6.49. The van der Waals surface area contributed by atoms with Crippen LogP contribution in [0.15, 0.2) is 42.9 Å². The van der Waals surface area contributed by atoms with Gasteiger partial charge in [0.2, 0.25) is 5.91 Å². The average molecular weight is 256 g/mol. The third-order valence-corrected chi connectivity index (χ3v) is 2.66. The Hall–Kier alpha value is -2.43. The van der Waals surface area contributed by atoms with Gasteiger partial charge < -0.3 is 11.1 Å². The second-order valence-corrected chi connectivity index (χ2v) is 4.23. The van der Waals surface area contributed by atoms with Crippen molar-refractivity contribution in [1.82, 2.24) is 9.97 Å². The molecule has 0 atom stereocenters. The second-order valence-electron chi connectivity index (χ2n) is 4.23. The zero-order valence-corrected chi connectivity index (χ0v) is 10.5. The van der Waals surface area contributed by atoms with E-state index in [1.807, 2.05) is 18.3 Å². The number of pyridine rings is 2. The molecule has 0 saturated heterocycles. The zero-order valence-electron chi connectivity index (χ0n) is 10.5. The first-order chi connectivity index (χ1) is 9.24. The number of anilines is 2. The Balaban J connectivity index is 1.74. The molecule has 1 amide bonds. The topological polar surface area (TPSA) is 80.9 Å². The van der Waals surface area contributed by atoms with Gasteiger partial charge in [-0.1, -0.05) is 6.07 Å². The van der Waals surface area contributed by atoms with E-state index in [2.05, 4.69) is 15.3 Å². The molecule has 2 rings (SSSR count). The summed E-state index contributed by atoms with van der Waals surface area (Å²) in [6, 6.07) is 7.30. The van der Waals surface area contributed by atoms with Crippen LogP contribution in [0, 0.1) is 0 Å². The number of carbonyl (C=O) groups is 1. The van der Waals surface area contributed by atoms with Crippen molar-refractivity contribution in [3.8, 4) is 0 Å². The Morgan fingerprint density at radius 3 is 2.84 bits per heavy atom. The molecule has 0 saturated carbocycles. The molecule has 5 nitrogen and oxygen atoms in total. The number of nitrogens with zero attached hydrogens (tertiary/aromatic N) is 2. The number of carbonyl (C=O) groups excluding carboxylic acids is 1. The Kier molecular flexibility index (Phi) is 4.44. The van der Waals surface area contributed by atoms with Crippen LogP contribution in [0.5, 0.6) is 0 Å². The molecule has 0 radical (unpaired) electrons. The Morgan fingerprint density at radius 2 is 2.16 bits per heavy atom. The van der Waals surface area contributed by atoms with Gasteiger partial charge in [-0.3, -0.25) is 9.78 Å². The van der Waals surface area contributed by atoms with Gasteiger partial charge in [-0.2, -0.15) is 0 Å². The summed E-state index contributed by atoms with van der Waals surface area (Å²) in [4.78, 5) is 19.7. The van der Waals surface area contributed by atoms with Crippen LogP contribution in [-0.4, -0.2) is 15.9 Å². The molecule has 0 unspecified atom stereocenters. The van der Waals surface area contributed by atoms with Crippen LogP contribution in [0.3, 0.4) is 0 Å². The average Bonchev–Trinajstić information content (AvgIpc) is 2.43. The lowest BCUT2D eigenvalue weighted by molar-refractivity contribution is -0.116. The van der Waals surface area contributed by atoms with E-state index >= 15 is 0 Å². The molecule has 0 aliphatic heterocycles. The van der Waals surface area contributed by atoms with Gasteiger partial charge in [0.05, 0.1) is 11.9 Å². The minimum Gasteiger partial charge on any atom is -0.384 e. The molecule has 3 N–H and O–H groups in total. The van der Waals surface area contributed by atoms with Crippen LogP contribution in [0.1, 0.15) is 18.4 Å². The molecule has 2 aromatic heterocycles. The highest BCUT2D eigenvalue weighted by molar-refractivity contribution is 5.90. The summed E-state index contributed by atoms with van der Waals surface area (Å²) < 4.78 is 0. The number of nitrogen functional groups attached to an aromatic ring is 1. The maximum absolute atomic E-state index is 11.7. The van der Waals surface area contributed by atoms with Gasteiger partial charge in [0, 0.05) is 18.8 Å². The number of nitrogens with one attached hydrogen (secondary N) is 1. The van der Waals surface area contributed by atoms with Crippen LogP contribution in [0.4, 0.5) is 11.5 Å². The van der Waals surface area contributed by atoms with Crippen LogP contribution in [-0.2, 0) is 11.2 Å². The van der Waals surface area contributed by atoms with E-state index < -0.39 is 0 Å². The lowest BCUT2D eigenvalue weighted by Crippen LogP contribution is -2.11. The quantitative estimate of drug-likeness (QED) is 0.857. The predicted molar refractivity (Wildman–Crippen MR) is 74.5 cm³/mol. The number of aryl methyl sites for hydroxylation is 1. The van der Waals surface area contributed by atoms with E-state index in [0.29, 0.717) is 17.9 Å². The van der Waals surface area contributed by atoms with Crippen LogP contribution in [0.25, 0.3) is 0 Å². The number of amides is 1. The molecule has 98 valence electrons. The molecule has 0 aliphatic carbocycles. The summed E-state index contributed by atoms with van der Waals surface area (Å²) in [5, 5.41) is 2.78. The molecule has 2 aromatic rings. The number of aromatic nitrogens is 2. The van der Waals surface area contributed by atoms with Gasteiger partial charge in [-0.15, -0.1) is 0 Å². The largest absolute Gasteiger partial charge is 0.384 e. The Bertz CT molecular complexity index is 525. The van der Waals surface area contributed by atoms with Gasteiger partial charge in [0.1, 0.15) is 5.82 Å². The van der Waals surface area contributed by atoms with E-state index in [0.717, 1.165) is 18.4 Å². The highest BCUT2D eigenvalue weighted by Gasteiger charge is 2.03. The fourth-order valence-corrected chi connectivity index (χ4v) is 1.70. The molecule has 19 heavy (non-hydrogen) atoms. The molecule has 0 aromatic carbocycles. The van der Waals surface area contributed by atoms with Crippen LogP contribution < -0.4 is 11.1 Å². The maximum atomic E-state index is 11.7. The molecule has 0 spiro atoms. The molecule has 2 heterocycles. The SMILES string of the molecule is Nc1ccc(NC(=O)CCCc2cccnc2)cn1. The first kappa shape index (κ1) is 13.0. The van der Waals surface area contributed by atoms with E-state index in [4.69, 9.17) is 5.73 Å². The van der Waals surface area contributed by atoms with Gasteiger partial charge in [-0.05, 0) is 36.6 Å². The first-order valence-corrected chi connectivity index (χ1v) is 6.14. The summed E-state index contributed by atoms with van der Waals surface area (Å²) in [7, 11) is 0. The molecule has 0 fully saturated rings. The van der Waals surface area contributed by atoms with Crippen molar-refractivity contribution in [3.05, 3.63) is 48.4 Å². The van der Waals surface area contributed by atoms with E-state index in [9.17, 15) is 4.79 Å². The van der Waals surface area contributed by atoms with Crippen molar-refractivity contribution in [2.24, 2.45) is 0 Å². The minimum atomic E-state index is -0.0181. The number of rotatable bonds is 5. The Morgan fingerprint density at radius 1 is 1.26 bits per heavy atom. The van der Waals surface area contributed by atoms with Crippen molar-refractivity contribution in [2.75, 3.05) is 11.1 Å². The fraction of sp³-hybridized carbons (Fsp3) is 0.214.